The van der Waals surface area contributed by atoms with Crippen LogP contribution in [0, 0.1) is 11.8 Å². The average Bonchev–Trinajstić information content (AvgIpc) is 2.73. The molecule has 0 amide bonds. The van der Waals surface area contributed by atoms with Gasteiger partial charge in [-0.05, 0) is 24.7 Å². The topological polar surface area (TPSA) is 69.1 Å². The Morgan fingerprint density at radius 3 is 2.88 bits per heavy atom. The molecule has 16 heavy (non-hydrogen) atoms. The van der Waals surface area contributed by atoms with Crippen LogP contribution in [0.4, 0.5) is 5.82 Å². The van der Waals surface area contributed by atoms with Gasteiger partial charge in [-0.15, -0.1) is 10.2 Å². The molecule has 2 aliphatic carbocycles. The second kappa shape index (κ2) is 2.72. The molecule has 0 radical (unpaired) electrons. The minimum Gasteiger partial charge on any atom is -0.381 e. The summed E-state index contributed by atoms with van der Waals surface area (Å²) in [6, 6.07) is 0. The van der Waals surface area contributed by atoms with Crippen LogP contribution in [0.25, 0.3) is 5.65 Å². The molecule has 0 bridgehead atoms. The molecule has 0 aliphatic heterocycles. The molecule has 0 spiro atoms. The zero-order valence-electron chi connectivity index (χ0n) is 8.87. The molecule has 2 aliphatic rings. The van der Waals surface area contributed by atoms with Gasteiger partial charge in [0.05, 0.1) is 0 Å². The fourth-order valence-corrected chi connectivity index (χ4v) is 3.29. The summed E-state index contributed by atoms with van der Waals surface area (Å²) in [7, 11) is 0. The van der Waals surface area contributed by atoms with Crippen molar-refractivity contribution < 1.29 is 0 Å². The number of aromatic nitrogens is 4. The van der Waals surface area contributed by atoms with Crippen molar-refractivity contribution in [3.8, 4) is 0 Å². The molecule has 2 aromatic rings. The van der Waals surface area contributed by atoms with Crippen LogP contribution in [0.2, 0.25) is 0 Å². The number of nitrogen functional groups attached to an aromatic ring is 1. The van der Waals surface area contributed by atoms with Crippen molar-refractivity contribution in [2.24, 2.45) is 11.8 Å². The van der Waals surface area contributed by atoms with Crippen molar-refractivity contribution in [3.05, 3.63) is 18.2 Å². The van der Waals surface area contributed by atoms with Gasteiger partial charge in [0.2, 0.25) is 5.65 Å². The number of anilines is 1. The van der Waals surface area contributed by atoms with E-state index in [0.29, 0.717) is 17.4 Å². The summed E-state index contributed by atoms with van der Waals surface area (Å²) in [5, 5.41) is 8.43. The molecule has 3 atom stereocenters. The van der Waals surface area contributed by atoms with Gasteiger partial charge in [0.1, 0.15) is 5.82 Å². The summed E-state index contributed by atoms with van der Waals surface area (Å²) in [4.78, 5) is 4.03. The molecule has 5 nitrogen and oxygen atoms in total. The predicted molar refractivity (Wildman–Crippen MR) is 58.8 cm³/mol. The second-order valence-electron chi connectivity index (χ2n) is 4.85. The molecule has 2 heterocycles. The van der Waals surface area contributed by atoms with Gasteiger partial charge >= 0.3 is 0 Å². The van der Waals surface area contributed by atoms with E-state index in [9.17, 15) is 0 Å². The zero-order valence-corrected chi connectivity index (χ0v) is 8.87. The molecule has 4 rings (SSSR count). The summed E-state index contributed by atoms with van der Waals surface area (Å²) in [5.74, 6) is 3.86. The van der Waals surface area contributed by atoms with Crippen molar-refractivity contribution in [2.75, 3.05) is 5.73 Å². The van der Waals surface area contributed by atoms with Crippen molar-refractivity contribution in [2.45, 2.75) is 25.2 Å². The predicted octanol–water partition coefficient (Wildman–Crippen LogP) is 1.22. The highest BCUT2D eigenvalue weighted by Gasteiger charge is 2.55. The first-order valence-corrected chi connectivity index (χ1v) is 5.81. The highest BCUT2D eigenvalue weighted by atomic mass is 15.3. The van der Waals surface area contributed by atoms with Gasteiger partial charge in [-0.3, -0.25) is 4.40 Å². The van der Waals surface area contributed by atoms with E-state index in [1.165, 1.54) is 19.3 Å². The fourth-order valence-electron chi connectivity index (χ4n) is 3.29. The van der Waals surface area contributed by atoms with Crippen LogP contribution in [0.5, 0.6) is 0 Å². The number of nitrogens with zero attached hydrogens (tertiary/aromatic N) is 4. The van der Waals surface area contributed by atoms with E-state index in [0.717, 1.165) is 17.7 Å². The van der Waals surface area contributed by atoms with Crippen molar-refractivity contribution in [1.29, 1.82) is 0 Å². The van der Waals surface area contributed by atoms with E-state index >= 15 is 0 Å². The lowest BCUT2D eigenvalue weighted by Crippen LogP contribution is -1.99. The first-order valence-electron chi connectivity index (χ1n) is 5.81. The maximum absolute atomic E-state index is 5.77. The van der Waals surface area contributed by atoms with Crippen LogP contribution in [-0.2, 0) is 0 Å². The summed E-state index contributed by atoms with van der Waals surface area (Å²) < 4.78 is 2.01. The number of rotatable bonds is 1. The van der Waals surface area contributed by atoms with Crippen LogP contribution in [0.15, 0.2) is 12.4 Å². The summed E-state index contributed by atoms with van der Waals surface area (Å²) in [6.07, 6.45) is 7.71. The Kier molecular flexibility index (Phi) is 1.45. The Bertz CT molecular complexity index is 551. The largest absolute Gasteiger partial charge is 0.381 e. The number of fused-ring (bicyclic) bond motifs is 2. The molecule has 5 heteroatoms. The van der Waals surface area contributed by atoms with Gasteiger partial charge in [0.15, 0.2) is 5.82 Å². The molecular weight excluding hydrogens is 202 g/mol. The lowest BCUT2D eigenvalue weighted by atomic mass is 10.1. The van der Waals surface area contributed by atoms with Crippen LogP contribution >= 0.6 is 0 Å². The maximum atomic E-state index is 5.77. The Morgan fingerprint density at radius 1 is 1.25 bits per heavy atom. The maximum Gasteiger partial charge on any atom is 0.203 e. The third-order valence-corrected chi connectivity index (χ3v) is 4.09. The average molecular weight is 215 g/mol. The SMILES string of the molecule is Nc1nccn2c([C@H]3[C@@H]4CCC[C@@H]43)nnc12. The summed E-state index contributed by atoms with van der Waals surface area (Å²) in [6.45, 7) is 0. The first kappa shape index (κ1) is 8.50. The fraction of sp³-hybridized carbons (Fsp3) is 0.545. The van der Waals surface area contributed by atoms with Crippen LogP contribution in [-0.4, -0.2) is 19.6 Å². The van der Waals surface area contributed by atoms with E-state index < -0.39 is 0 Å². The number of nitrogens with two attached hydrogens (primary N) is 1. The van der Waals surface area contributed by atoms with Gasteiger partial charge in [-0.25, -0.2) is 4.98 Å². The third kappa shape index (κ3) is 0.930. The van der Waals surface area contributed by atoms with E-state index in [2.05, 4.69) is 15.2 Å². The molecule has 2 fully saturated rings. The monoisotopic (exact) mass is 215 g/mol. The Hall–Kier alpha value is -1.65. The Labute approximate surface area is 92.7 Å². The summed E-state index contributed by atoms with van der Waals surface area (Å²) >= 11 is 0. The van der Waals surface area contributed by atoms with Crippen molar-refractivity contribution in [1.82, 2.24) is 19.6 Å². The Balaban J connectivity index is 1.84. The van der Waals surface area contributed by atoms with E-state index in [-0.39, 0.29) is 0 Å². The van der Waals surface area contributed by atoms with E-state index in [1.807, 2.05) is 10.6 Å². The molecule has 2 N–H and O–H groups in total. The molecule has 2 saturated carbocycles. The van der Waals surface area contributed by atoms with Crippen molar-refractivity contribution >= 4 is 11.5 Å². The molecular formula is C11H13N5. The molecule has 82 valence electrons. The van der Waals surface area contributed by atoms with Crippen LogP contribution < -0.4 is 5.73 Å². The van der Waals surface area contributed by atoms with Crippen LogP contribution in [0.3, 0.4) is 0 Å². The number of hydrogen-bond donors (Lipinski definition) is 1. The second-order valence-corrected chi connectivity index (χ2v) is 4.85. The van der Waals surface area contributed by atoms with E-state index in [1.54, 1.807) is 6.20 Å². The van der Waals surface area contributed by atoms with Gasteiger partial charge in [-0.1, -0.05) is 6.42 Å². The highest BCUT2D eigenvalue weighted by molar-refractivity contribution is 5.58. The highest BCUT2D eigenvalue weighted by Crippen LogP contribution is 2.62. The van der Waals surface area contributed by atoms with Gasteiger partial charge < -0.3 is 5.73 Å². The smallest absolute Gasteiger partial charge is 0.203 e. The van der Waals surface area contributed by atoms with Gasteiger partial charge in [0, 0.05) is 18.3 Å². The first-order chi connectivity index (χ1) is 7.86. The lowest BCUT2D eigenvalue weighted by Gasteiger charge is -2.01. The third-order valence-electron chi connectivity index (χ3n) is 4.09. The van der Waals surface area contributed by atoms with Gasteiger partial charge in [-0.2, -0.15) is 0 Å². The molecule has 0 unspecified atom stereocenters. The van der Waals surface area contributed by atoms with Crippen LogP contribution in [0.1, 0.15) is 31.0 Å². The Morgan fingerprint density at radius 2 is 2.06 bits per heavy atom. The minimum absolute atomic E-state index is 0.465. The lowest BCUT2D eigenvalue weighted by molar-refractivity contribution is 0.653. The van der Waals surface area contributed by atoms with Crippen molar-refractivity contribution in [3.63, 3.8) is 0 Å². The normalized spacial score (nSPS) is 31.9. The van der Waals surface area contributed by atoms with Gasteiger partial charge in [0.25, 0.3) is 0 Å². The molecule has 0 aromatic carbocycles. The molecule has 2 aromatic heterocycles. The molecule has 0 saturated heterocycles. The number of hydrogen-bond acceptors (Lipinski definition) is 4. The summed E-state index contributed by atoms with van der Waals surface area (Å²) in [5.41, 5.74) is 6.47. The quantitative estimate of drug-likeness (QED) is 0.776. The zero-order chi connectivity index (χ0) is 10.7. The van der Waals surface area contributed by atoms with E-state index in [4.69, 9.17) is 5.73 Å². The standard InChI is InChI=1S/C11H13N5/c12-9-11-15-14-10(16(11)5-4-13-9)8-6-2-1-3-7(6)8/h4-8H,1-3H2,(H2,12,13)/t6-,7+,8+. The minimum atomic E-state index is 0.465.